The Balaban J connectivity index is 1.85. The molecule has 1 heterocycles. The van der Waals surface area contributed by atoms with Crippen LogP contribution in [-0.4, -0.2) is 39.4 Å². The van der Waals surface area contributed by atoms with Crippen molar-refractivity contribution in [2.45, 2.75) is 31.8 Å². The summed E-state index contributed by atoms with van der Waals surface area (Å²) < 4.78 is 0. The molecule has 0 bridgehead atoms. The van der Waals surface area contributed by atoms with E-state index in [1.54, 1.807) is 0 Å². The minimum atomic E-state index is -0.478. The van der Waals surface area contributed by atoms with Gasteiger partial charge in [0.2, 0.25) is 11.1 Å². The van der Waals surface area contributed by atoms with Crippen LogP contribution in [-0.2, 0) is 11.2 Å². The number of amides is 3. The number of hydrogen-bond donors (Lipinski definition) is 3. The van der Waals surface area contributed by atoms with E-state index in [0.29, 0.717) is 17.5 Å². The average Bonchev–Trinajstić information content (AvgIpc) is 3.07. The summed E-state index contributed by atoms with van der Waals surface area (Å²) in [5.41, 5.74) is 2.20. The number of hydrogen-bond acceptors (Lipinski definition) is 5. The molecular formula is C16H21N5O2S. The zero-order chi connectivity index (χ0) is 17.4. The summed E-state index contributed by atoms with van der Waals surface area (Å²) in [6.45, 7) is 4.58. The molecule has 2 aromatic rings. The first-order chi connectivity index (χ1) is 11.6. The van der Waals surface area contributed by atoms with Gasteiger partial charge in [-0.25, -0.2) is 9.78 Å². The Labute approximate surface area is 145 Å². The molecular weight excluding hydrogens is 326 g/mol. The number of aromatic nitrogens is 3. The summed E-state index contributed by atoms with van der Waals surface area (Å²) in [5, 5.41) is 12.2. The van der Waals surface area contributed by atoms with Gasteiger partial charge in [0.1, 0.15) is 0 Å². The van der Waals surface area contributed by atoms with E-state index in [-0.39, 0.29) is 11.7 Å². The Morgan fingerprint density at radius 3 is 2.62 bits per heavy atom. The Morgan fingerprint density at radius 2 is 1.96 bits per heavy atom. The molecule has 3 N–H and O–H groups in total. The van der Waals surface area contributed by atoms with Crippen LogP contribution in [0.3, 0.4) is 0 Å². The van der Waals surface area contributed by atoms with Gasteiger partial charge in [0, 0.05) is 12.1 Å². The third-order valence-corrected chi connectivity index (χ3v) is 4.07. The van der Waals surface area contributed by atoms with Crippen LogP contribution in [0.5, 0.6) is 0 Å². The van der Waals surface area contributed by atoms with Crippen molar-refractivity contribution in [1.29, 1.82) is 0 Å². The van der Waals surface area contributed by atoms with E-state index in [1.807, 2.05) is 31.2 Å². The molecule has 0 radical (unpaired) electrons. The predicted molar refractivity (Wildman–Crippen MR) is 93.8 cm³/mol. The molecule has 2 rings (SSSR count). The topological polar surface area (TPSA) is 99.8 Å². The Morgan fingerprint density at radius 1 is 1.21 bits per heavy atom. The number of carbonyl (C=O) groups is 2. The Bertz CT molecular complexity index is 684. The number of benzene rings is 1. The maximum Gasteiger partial charge on any atom is 0.321 e. The highest BCUT2D eigenvalue weighted by Crippen LogP contribution is 2.19. The number of thioether (sulfide) groups is 1. The fraction of sp³-hybridized carbons (Fsp3) is 0.375. The Hall–Kier alpha value is -2.35. The Kier molecular flexibility index (Phi) is 6.80. The number of nitrogens with one attached hydrogen (secondary N) is 3. The lowest BCUT2D eigenvalue weighted by Gasteiger charge is -2.04. The van der Waals surface area contributed by atoms with Crippen molar-refractivity contribution < 1.29 is 9.59 Å². The zero-order valence-corrected chi connectivity index (χ0v) is 14.6. The van der Waals surface area contributed by atoms with E-state index in [1.165, 1.54) is 17.3 Å². The molecule has 1 aromatic carbocycles. The number of urea groups is 1. The highest BCUT2D eigenvalue weighted by Gasteiger charge is 2.11. The molecule has 0 aliphatic heterocycles. The maximum atomic E-state index is 11.7. The summed E-state index contributed by atoms with van der Waals surface area (Å²) in [6, 6.07) is 7.59. The van der Waals surface area contributed by atoms with E-state index in [2.05, 4.69) is 32.7 Å². The monoisotopic (exact) mass is 347 g/mol. The lowest BCUT2D eigenvalue weighted by molar-refractivity contribution is -0.117. The fourth-order valence-electron chi connectivity index (χ4n) is 1.91. The highest BCUT2D eigenvalue weighted by molar-refractivity contribution is 7.99. The SMILES string of the molecule is CCCNC(=O)NC(=O)CSc1n[nH]c(-c2ccc(CC)cc2)n1. The molecule has 128 valence electrons. The van der Waals surface area contributed by atoms with Crippen LogP contribution in [0.1, 0.15) is 25.8 Å². The van der Waals surface area contributed by atoms with Crippen LogP contribution >= 0.6 is 11.8 Å². The normalized spacial score (nSPS) is 10.4. The molecule has 3 amide bonds. The minimum absolute atomic E-state index is 0.0750. The third-order valence-electron chi connectivity index (χ3n) is 3.22. The number of rotatable bonds is 7. The zero-order valence-electron chi connectivity index (χ0n) is 13.8. The molecule has 0 aliphatic rings. The van der Waals surface area contributed by atoms with E-state index in [9.17, 15) is 9.59 Å². The quantitative estimate of drug-likeness (QED) is 0.668. The second-order valence-electron chi connectivity index (χ2n) is 5.11. The molecule has 0 aliphatic carbocycles. The lowest BCUT2D eigenvalue weighted by atomic mass is 10.1. The van der Waals surface area contributed by atoms with Crippen molar-refractivity contribution in [3.8, 4) is 11.4 Å². The molecule has 0 saturated carbocycles. The summed E-state index contributed by atoms with van der Waals surface area (Å²) in [4.78, 5) is 27.4. The van der Waals surface area contributed by atoms with Crippen LogP contribution in [0.15, 0.2) is 29.4 Å². The van der Waals surface area contributed by atoms with Gasteiger partial charge in [-0.15, -0.1) is 5.10 Å². The van der Waals surface area contributed by atoms with Crippen LogP contribution in [0, 0.1) is 0 Å². The van der Waals surface area contributed by atoms with Gasteiger partial charge in [-0.2, -0.15) is 0 Å². The molecule has 24 heavy (non-hydrogen) atoms. The fourth-order valence-corrected chi connectivity index (χ4v) is 2.51. The van der Waals surface area contributed by atoms with Crippen molar-refractivity contribution in [2.24, 2.45) is 0 Å². The van der Waals surface area contributed by atoms with Crippen molar-refractivity contribution in [1.82, 2.24) is 25.8 Å². The van der Waals surface area contributed by atoms with E-state index in [4.69, 9.17) is 0 Å². The van der Waals surface area contributed by atoms with E-state index < -0.39 is 6.03 Å². The van der Waals surface area contributed by atoms with Crippen LogP contribution in [0.2, 0.25) is 0 Å². The number of carbonyl (C=O) groups excluding carboxylic acids is 2. The second kappa shape index (κ2) is 9.07. The van der Waals surface area contributed by atoms with Crippen LogP contribution in [0.25, 0.3) is 11.4 Å². The maximum absolute atomic E-state index is 11.7. The lowest BCUT2D eigenvalue weighted by Crippen LogP contribution is -2.40. The van der Waals surface area contributed by atoms with Gasteiger partial charge >= 0.3 is 6.03 Å². The van der Waals surface area contributed by atoms with Gasteiger partial charge in [-0.05, 0) is 18.4 Å². The summed E-state index contributed by atoms with van der Waals surface area (Å²) in [7, 11) is 0. The highest BCUT2D eigenvalue weighted by atomic mass is 32.2. The number of aromatic amines is 1. The van der Waals surface area contributed by atoms with Crippen LogP contribution < -0.4 is 10.6 Å². The first-order valence-electron chi connectivity index (χ1n) is 7.84. The smallest absolute Gasteiger partial charge is 0.321 e. The second-order valence-corrected chi connectivity index (χ2v) is 6.05. The third kappa shape index (κ3) is 5.38. The molecule has 0 atom stereocenters. The van der Waals surface area contributed by atoms with Crippen LogP contribution in [0.4, 0.5) is 4.79 Å². The first kappa shape index (κ1) is 18.0. The number of nitrogens with zero attached hydrogens (tertiary/aromatic N) is 2. The number of imide groups is 1. The van der Waals surface area contributed by atoms with Gasteiger partial charge in [0.25, 0.3) is 0 Å². The summed E-state index contributed by atoms with van der Waals surface area (Å²) >= 11 is 1.17. The van der Waals surface area contributed by atoms with Gasteiger partial charge in [0.15, 0.2) is 5.82 Å². The van der Waals surface area contributed by atoms with Gasteiger partial charge < -0.3 is 5.32 Å². The summed E-state index contributed by atoms with van der Waals surface area (Å²) in [6.07, 6.45) is 1.80. The van der Waals surface area contributed by atoms with Crippen molar-refractivity contribution in [3.63, 3.8) is 0 Å². The standard InChI is InChI=1S/C16H21N5O2S/c1-3-9-17-15(23)18-13(22)10-24-16-19-14(20-21-16)12-7-5-11(4-2)6-8-12/h5-8H,3-4,9-10H2,1-2H3,(H,19,20,21)(H2,17,18,22,23). The van der Waals surface area contributed by atoms with E-state index >= 15 is 0 Å². The average molecular weight is 347 g/mol. The molecule has 1 aromatic heterocycles. The van der Waals surface area contributed by atoms with Gasteiger partial charge in [-0.3, -0.25) is 15.2 Å². The molecule has 7 nitrogen and oxygen atoms in total. The predicted octanol–water partition coefficient (Wildman–Crippen LogP) is 2.36. The summed E-state index contributed by atoms with van der Waals surface area (Å²) in [5.74, 6) is 0.347. The van der Waals surface area contributed by atoms with Crippen molar-refractivity contribution >= 4 is 23.7 Å². The van der Waals surface area contributed by atoms with Gasteiger partial charge in [-0.1, -0.05) is 49.9 Å². The molecule has 0 unspecified atom stereocenters. The first-order valence-corrected chi connectivity index (χ1v) is 8.83. The van der Waals surface area contributed by atoms with Crippen molar-refractivity contribution in [2.75, 3.05) is 12.3 Å². The molecule has 8 heteroatoms. The minimum Gasteiger partial charge on any atom is -0.338 e. The number of H-pyrrole nitrogens is 1. The molecule has 0 fully saturated rings. The molecule has 0 saturated heterocycles. The molecule has 0 spiro atoms. The van der Waals surface area contributed by atoms with Gasteiger partial charge in [0.05, 0.1) is 5.75 Å². The van der Waals surface area contributed by atoms with E-state index in [0.717, 1.165) is 18.4 Å². The number of aryl methyl sites for hydroxylation is 1. The van der Waals surface area contributed by atoms with Crippen molar-refractivity contribution in [3.05, 3.63) is 29.8 Å². The largest absolute Gasteiger partial charge is 0.338 e.